The first-order chi connectivity index (χ1) is 9.58. The molecular formula is C16H15NO3. The first-order valence-electron chi connectivity index (χ1n) is 6.56. The summed E-state index contributed by atoms with van der Waals surface area (Å²) < 4.78 is 5.25. The Morgan fingerprint density at radius 3 is 2.75 bits per heavy atom. The number of furan rings is 1. The van der Waals surface area contributed by atoms with Crippen LogP contribution in [0.1, 0.15) is 33.7 Å². The molecule has 3 rings (SSSR count). The lowest BCUT2D eigenvalue weighted by Gasteiger charge is -2.25. The van der Waals surface area contributed by atoms with Crippen molar-refractivity contribution in [2.75, 3.05) is 11.9 Å². The molecule has 102 valence electrons. The maximum absolute atomic E-state index is 12.4. The number of hydrogen-bond acceptors (Lipinski definition) is 3. The molecule has 0 aliphatic carbocycles. The number of fused-ring (bicyclic) bond motifs is 1. The minimum atomic E-state index is -0.116. The summed E-state index contributed by atoms with van der Waals surface area (Å²) in [5.41, 5.74) is 3.35. The summed E-state index contributed by atoms with van der Waals surface area (Å²) in [6.45, 7) is 1.85. The molecule has 0 radical (unpaired) electrons. The van der Waals surface area contributed by atoms with Gasteiger partial charge in [0.1, 0.15) is 0 Å². The Hall–Kier alpha value is -2.36. The van der Waals surface area contributed by atoms with Crippen LogP contribution in [0.4, 0.5) is 5.69 Å². The van der Waals surface area contributed by atoms with Crippen LogP contribution in [0.2, 0.25) is 0 Å². The standard InChI is InChI=1S/C16H15NO3/c1-10-7-8-20-16(10)15(19)12-3-5-13-11(9-12)4-6-14(18)17(13)2/h3,5,7-9H,4,6H2,1-2H3. The van der Waals surface area contributed by atoms with Crippen molar-refractivity contribution in [2.24, 2.45) is 0 Å². The largest absolute Gasteiger partial charge is 0.461 e. The summed E-state index contributed by atoms with van der Waals surface area (Å²) in [6, 6.07) is 7.22. The third-order valence-electron chi connectivity index (χ3n) is 3.75. The molecule has 1 amide bonds. The second kappa shape index (κ2) is 4.63. The van der Waals surface area contributed by atoms with Gasteiger partial charge in [-0.2, -0.15) is 0 Å². The summed E-state index contributed by atoms with van der Waals surface area (Å²) in [5, 5.41) is 0. The van der Waals surface area contributed by atoms with E-state index in [4.69, 9.17) is 4.42 Å². The third kappa shape index (κ3) is 1.93. The van der Waals surface area contributed by atoms with Crippen molar-refractivity contribution in [1.29, 1.82) is 0 Å². The molecule has 2 heterocycles. The quantitative estimate of drug-likeness (QED) is 0.788. The molecule has 0 unspecified atom stereocenters. The smallest absolute Gasteiger partial charge is 0.228 e. The predicted octanol–water partition coefficient (Wildman–Crippen LogP) is 2.73. The molecule has 0 atom stereocenters. The van der Waals surface area contributed by atoms with Gasteiger partial charge in [-0.25, -0.2) is 0 Å². The van der Waals surface area contributed by atoms with Gasteiger partial charge in [-0.3, -0.25) is 9.59 Å². The minimum Gasteiger partial charge on any atom is -0.461 e. The Bertz CT molecular complexity index is 699. The van der Waals surface area contributed by atoms with E-state index in [1.54, 1.807) is 24.1 Å². The zero-order chi connectivity index (χ0) is 14.3. The number of carbonyl (C=O) groups is 2. The van der Waals surface area contributed by atoms with E-state index in [1.165, 1.54) is 6.26 Å². The number of hydrogen-bond donors (Lipinski definition) is 0. The van der Waals surface area contributed by atoms with E-state index >= 15 is 0 Å². The van der Waals surface area contributed by atoms with Crippen LogP contribution in [-0.4, -0.2) is 18.7 Å². The molecule has 1 aromatic carbocycles. The Morgan fingerprint density at radius 2 is 2.05 bits per heavy atom. The molecule has 4 heteroatoms. The van der Waals surface area contributed by atoms with Crippen LogP contribution < -0.4 is 4.90 Å². The van der Waals surface area contributed by atoms with E-state index in [0.29, 0.717) is 24.2 Å². The average Bonchev–Trinajstić information content (AvgIpc) is 2.88. The van der Waals surface area contributed by atoms with Crippen molar-refractivity contribution in [2.45, 2.75) is 19.8 Å². The molecule has 0 saturated heterocycles. The van der Waals surface area contributed by atoms with Gasteiger partial charge in [0, 0.05) is 24.7 Å². The monoisotopic (exact) mass is 269 g/mol. The molecule has 2 aromatic rings. The highest BCUT2D eigenvalue weighted by molar-refractivity contribution is 6.08. The van der Waals surface area contributed by atoms with Crippen LogP contribution in [0.25, 0.3) is 0 Å². The van der Waals surface area contributed by atoms with Crippen LogP contribution in [0.3, 0.4) is 0 Å². The van der Waals surface area contributed by atoms with Crippen molar-refractivity contribution in [1.82, 2.24) is 0 Å². The van der Waals surface area contributed by atoms with Crippen molar-refractivity contribution >= 4 is 17.4 Å². The number of ketones is 1. The van der Waals surface area contributed by atoms with E-state index < -0.39 is 0 Å². The van der Waals surface area contributed by atoms with Gasteiger partial charge < -0.3 is 9.32 Å². The summed E-state index contributed by atoms with van der Waals surface area (Å²) in [7, 11) is 1.76. The SMILES string of the molecule is Cc1ccoc1C(=O)c1ccc2c(c1)CCC(=O)N2C. The highest BCUT2D eigenvalue weighted by atomic mass is 16.3. The lowest BCUT2D eigenvalue weighted by atomic mass is 9.96. The van der Waals surface area contributed by atoms with Gasteiger partial charge in [0.25, 0.3) is 0 Å². The molecule has 20 heavy (non-hydrogen) atoms. The summed E-state index contributed by atoms with van der Waals surface area (Å²) in [6.07, 6.45) is 2.69. The summed E-state index contributed by atoms with van der Waals surface area (Å²) >= 11 is 0. The van der Waals surface area contributed by atoms with Crippen molar-refractivity contribution < 1.29 is 14.0 Å². The molecule has 1 aliphatic rings. The van der Waals surface area contributed by atoms with E-state index in [-0.39, 0.29) is 11.7 Å². The van der Waals surface area contributed by atoms with E-state index in [2.05, 4.69) is 0 Å². The number of aryl methyl sites for hydroxylation is 2. The third-order valence-corrected chi connectivity index (χ3v) is 3.75. The van der Waals surface area contributed by atoms with Gasteiger partial charge in [-0.05, 0) is 48.7 Å². The fourth-order valence-electron chi connectivity index (χ4n) is 2.53. The number of amides is 1. The molecule has 0 saturated carbocycles. The number of nitrogens with zero attached hydrogens (tertiary/aromatic N) is 1. The van der Waals surface area contributed by atoms with Gasteiger partial charge in [0.15, 0.2) is 5.76 Å². The maximum atomic E-state index is 12.4. The summed E-state index contributed by atoms with van der Waals surface area (Å²) in [4.78, 5) is 25.7. The highest BCUT2D eigenvalue weighted by Crippen LogP contribution is 2.28. The van der Waals surface area contributed by atoms with Crippen LogP contribution in [0.5, 0.6) is 0 Å². The Morgan fingerprint density at radius 1 is 1.25 bits per heavy atom. The topological polar surface area (TPSA) is 50.5 Å². The van der Waals surface area contributed by atoms with Crippen molar-refractivity contribution in [3.63, 3.8) is 0 Å². The first-order valence-corrected chi connectivity index (χ1v) is 6.56. The molecule has 0 N–H and O–H groups in total. The van der Waals surface area contributed by atoms with Gasteiger partial charge in [-0.15, -0.1) is 0 Å². The van der Waals surface area contributed by atoms with E-state index in [1.807, 2.05) is 19.1 Å². The lowest BCUT2D eigenvalue weighted by molar-refractivity contribution is -0.118. The normalized spacial score (nSPS) is 14.3. The van der Waals surface area contributed by atoms with Gasteiger partial charge in [0.05, 0.1) is 6.26 Å². The maximum Gasteiger partial charge on any atom is 0.228 e. The number of anilines is 1. The zero-order valence-corrected chi connectivity index (χ0v) is 11.5. The van der Waals surface area contributed by atoms with Gasteiger partial charge in [-0.1, -0.05) is 0 Å². The van der Waals surface area contributed by atoms with E-state index in [0.717, 1.165) is 16.8 Å². The fourth-order valence-corrected chi connectivity index (χ4v) is 2.53. The number of rotatable bonds is 2. The first kappa shape index (κ1) is 12.7. The van der Waals surface area contributed by atoms with Crippen LogP contribution in [0, 0.1) is 6.92 Å². The molecule has 0 bridgehead atoms. The zero-order valence-electron chi connectivity index (χ0n) is 11.5. The van der Waals surface area contributed by atoms with Crippen LogP contribution >= 0.6 is 0 Å². The van der Waals surface area contributed by atoms with Crippen molar-refractivity contribution in [3.05, 3.63) is 53.0 Å². The number of benzene rings is 1. The minimum absolute atomic E-state index is 0.110. The molecular weight excluding hydrogens is 254 g/mol. The molecule has 4 nitrogen and oxygen atoms in total. The molecule has 1 aromatic heterocycles. The van der Waals surface area contributed by atoms with Crippen LogP contribution in [-0.2, 0) is 11.2 Å². The highest BCUT2D eigenvalue weighted by Gasteiger charge is 2.23. The second-order valence-corrected chi connectivity index (χ2v) is 5.06. The molecule has 0 fully saturated rings. The average molecular weight is 269 g/mol. The van der Waals surface area contributed by atoms with E-state index in [9.17, 15) is 9.59 Å². The predicted molar refractivity (Wildman–Crippen MR) is 75.1 cm³/mol. The molecule has 0 spiro atoms. The summed E-state index contributed by atoms with van der Waals surface area (Å²) in [5.74, 6) is 0.374. The fraction of sp³-hybridized carbons (Fsp3) is 0.250. The van der Waals surface area contributed by atoms with Crippen molar-refractivity contribution in [3.8, 4) is 0 Å². The Labute approximate surface area is 117 Å². The Balaban J connectivity index is 1.99. The second-order valence-electron chi connectivity index (χ2n) is 5.06. The Kier molecular flexibility index (Phi) is 2.93. The van der Waals surface area contributed by atoms with Gasteiger partial charge in [0.2, 0.25) is 11.7 Å². The van der Waals surface area contributed by atoms with Crippen LogP contribution in [0.15, 0.2) is 34.9 Å². The van der Waals surface area contributed by atoms with Gasteiger partial charge >= 0.3 is 0 Å². The lowest BCUT2D eigenvalue weighted by Crippen LogP contribution is -2.31. The number of carbonyl (C=O) groups excluding carboxylic acids is 2. The molecule has 1 aliphatic heterocycles.